The Balaban J connectivity index is 1.96. The van der Waals surface area contributed by atoms with Crippen molar-refractivity contribution in [1.29, 1.82) is 0 Å². The smallest absolute Gasteiger partial charge is 0.00207 e. The van der Waals surface area contributed by atoms with Gasteiger partial charge in [-0.1, -0.05) is 45.0 Å². The highest BCUT2D eigenvalue weighted by molar-refractivity contribution is 5.32. The third-order valence-electron chi connectivity index (χ3n) is 4.84. The van der Waals surface area contributed by atoms with Crippen LogP contribution < -0.4 is 5.32 Å². The Morgan fingerprint density at radius 2 is 2.00 bits per heavy atom. The molecule has 1 nitrogen and oxygen atoms in total. The molecule has 0 bridgehead atoms. The van der Waals surface area contributed by atoms with Crippen LogP contribution in [0.15, 0.2) is 24.3 Å². The molecule has 0 fully saturated rings. The van der Waals surface area contributed by atoms with Crippen LogP contribution in [0.25, 0.3) is 0 Å². The molecule has 19 heavy (non-hydrogen) atoms. The van der Waals surface area contributed by atoms with E-state index in [1.807, 2.05) is 0 Å². The van der Waals surface area contributed by atoms with Gasteiger partial charge in [0, 0.05) is 0 Å². The fourth-order valence-corrected chi connectivity index (χ4v) is 3.35. The molecule has 0 amide bonds. The van der Waals surface area contributed by atoms with E-state index in [1.165, 1.54) is 25.7 Å². The Hall–Kier alpha value is -0.820. The van der Waals surface area contributed by atoms with Gasteiger partial charge in [0.05, 0.1) is 0 Å². The van der Waals surface area contributed by atoms with Crippen molar-refractivity contribution < 1.29 is 0 Å². The zero-order valence-electron chi connectivity index (χ0n) is 12.8. The summed E-state index contributed by atoms with van der Waals surface area (Å²) in [7, 11) is 0. The van der Waals surface area contributed by atoms with Crippen LogP contribution in [-0.2, 0) is 6.42 Å². The first-order valence-corrected chi connectivity index (χ1v) is 8.00. The third-order valence-corrected chi connectivity index (χ3v) is 4.84. The molecular weight excluding hydrogens is 230 g/mol. The van der Waals surface area contributed by atoms with Crippen molar-refractivity contribution in [3.63, 3.8) is 0 Å². The SMILES string of the molecule is CCNCC(C)C(C)CC1CCCc2ccccc21. The molecule has 0 heterocycles. The number of nitrogens with one attached hydrogen (secondary N) is 1. The average Bonchev–Trinajstić information content (AvgIpc) is 2.45. The topological polar surface area (TPSA) is 12.0 Å². The summed E-state index contributed by atoms with van der Waals surface area (Å²) >= 11 is 0. The fraction of sp³-hybridized carbons (Fsp3) is 0.667. The summed E-state index contributed by atoms with van der Waals surface area (Å²) in [5.74, 6) is 2.37. The molecule has 0 saturated carbocycles. The summed E-state index contributed by atoms with van der Waals surface area (Å²) in [6.45, 7) is 9.26. The lowest BCUT2D eigenvalue weighted by atomic mass is 9.76. The zero-order valence-corrected chi connectivity index (χ0v) is 12.8. The molecule has 1 heteroatoms. The summed E-state index contributed by atoms with van der Waals surface area (Å²) < 4.78 is 0. The van der Waals surface area contributed by atoms with Gasteiger partial charge in [-0.3, -0.25) is 0 Å². The van der Waals surface area contributed by atoms with E-state index in [2.05, 4.69) is 50.4 Å². The largest absolute Gasteiger partial charge is 0.317 e. The number of fused-ring (bicyclic) bond motifs is 1. The monoisotopic (exact) mass is 259 g/mol. The predicted molar refractivity (Wildman–Crippen MR) is 83.6 cm³/mol. The molecule has 0 aromatic heterocycles. The highest BCUT2D eigenvalue weighted by Gasteiger charge is 2.23. The van der Waals surface area contributed by atoms with E-state index in [1.54, 1.807) is 11.1 Å². The maximum atomic E-state index is 3.49. The Kier molecular flexibility index (Phi) is 5.45. The molecule has 1 aliphatic rings. The normalized spacial score (nSPS) is 21.7. The Morgan fingerprint density at radius 1 is 1.21 bits per heavy atom. The van der Waals surface area contributed by atoms with Crippen LogP contribution in [0.5, 0.6) is 0 Å². The van der Waals surface area contributed by atoms with Gasteiger partial charge in [0.25, 0.3) is 0 Å². The lowest BCUT2D eigenvalue weighted by Crippen LogP contribution is -2.26. The third kappa shape index (κ3) is 3.82. The standard InChI is InChI=1S/C18H29N/c1-4-19-13-15(3)14(2)12-17-10-7-9-16-8-5-6-11-18(16)17/h5-6,8,11,14-15,17,19H,4,7,9-10,12-13H2,1-3H3. The molecular formula is C18H29N. The number of rotatable bonds is 6. The molecule has 0 spiro atoms. The van der Waals surface area contributed by atoms with Gasteiger partial charge in [-0.15, -0.1) is 0 Å². The number of benzene rings is 1. The van der Waals surface area contributed by atoms with Crippen molar-refractivity contribution in [1.82, 2.24) is 5.32 Å². The van der Waals surface area contributed by atoms with Crippen LogP contribution in [0.2, 0.25) is 0 Å². The van der Waals surface area contributed by atoms with E-state index in [0.717, 1.165) is 30.8 Å². The van der Waals surface area contributed by atoms with E-state index in [-0.39, 0.29) is 0 Å². The fourth-order valence-electron chi connectivity index (χ4n) is 3.35. The summed E-state index contributed by atoms with van der Waals surface area (Å²) in [4.78, 5) is 0. The molecule has 0 saturated heterocycles. The van der Waals surface area contributed by atoms with Gasteiger partial charge in [0.15, 0.2) is 0 Å². The van der Waals surface area contributed by atoms with Gasteiger partial charge in [0.2, 0.25) is 0 Å². The predicted octanol–water partition coefficient (Wildman–Crippen LogP) is 4.38. The maximum absolute atomic E-state index is 3.49. The first kappa shape index (κ1) is 14.6. The summed E-state index contributed by atoms with van der Waals surface area (Å²) in [6.07, 6.45) is 5.39. The van der Waals surface area contributed by atoms with Gasteiger partial charge in [-0.2, -0.15) is 0 Å². The minimum Gasteiger partial charge on any atom is -0.317 e. The highest BCUT2D eigenvalue weighted by Crippen LogP contribution is 2.37. The molecule has 1 aromatic rings. The minimum atomic E-state index is 0.772. The number of aryl methyl sites for hydroxylation is 1. The van der Waals surface area contributed by atoms with Crippen molar-refractivity contribution in [2.24, 2.45) is 11.8 Å². The van der Waals surface area contributed by atoms with Crippen LogP contribution in [0.3, 0.4) is 0 Å². The molecule has 106 valence electrons. The molecule has 1 aromatic carbocycles. The first-order chi connectivity index (χ1) is 9.22. The number of hydrogen-bond donors (Lipinski definition) is 1. The van der Waals surface area contributed by atoms with E-state index in [9.17, 15) is 0 Å². The Bertz CT molecular complexity index is 385. The second kappa shape index (κ2) is 7.09. The molecule has 3 atom stereocenters. The summed E-state index contributed by atoms with van der Waals surface area (Å²) in [5, 5.41) is 3.49. The van der Waals surface area contributed by atoms with Crippen LogP contribution in [-0.4, -0.2) is 13.1 Å². The molecule has 1 aliphatic carbocycles. The molecule has 3 unspecified atom stereocenters. The maximum Gasteiger partial charge on any atom is -0.00207 e. The van der Waals surface area contributed by atoms with Crippen molar-refractivity contribution in [2.75, 3.05) is 13.1 Å². The lowest BCUT2D eigenvalue weighted by molar-refractivity contribution is 0.315. The zero-order chi connectivity index (χ0) is 13.7. The number of hydrogen-bond acceptors (Lipinski definition) is 1. The second-order valence-corrected chi connectivity index (χ2v) is 6.29. The van der Waals surface area contributed by atoms with Crippen molar-refractivity contribution in [2.45, 2.75) is 52.4 Å². The van der Waals surface area contributed by atoms with E-state index in [4.69, 9.17) is 0 Å². The van der Waals surface area contributed by atoms with Crippen LogP contribution >= 0.6 is 0 Å². The Labute approximate surface area is 118 Å². The van der Waals surface area contributed by atoms with Crippen molar-refractivity contribution in [3.05, 3.63) is 35.4 Å². The first-order valence-electron chi connectivity index (χ1n) is 8.00. The molecule has 2 rings (SSSR count). The highest BCUT2D eigenvalue weighted by atomic mass is 14.8. The molecule has 0 radical (unpaired) electrons. The van der Waals surface area contributed by atoms with Gasteiger partial charge in [-0.05, 0) is 67.7 Å². The van der Waals surface area contributed by atoms with Crippen LogP contribution in [0, 0.1) is 11.8 Å². The van der Waals surface area contributed by atoms with Gasteiger partial charge in [0.1, 0.15) is 0 Å². The van der Waals surface area contributed by atoms with Crippen molar-refractivity contribution >= 4 is 0 Å². The van der Waals surface area contributed by atoms with E-state index in [0.29, 0.717) is 0 Å². The van der Waals surface area contributed by atoms with Gasteiger partial charge < -0.3 is 5.32 Å². The van der Waals surface area contributed by atoms with E-state index < -0.39 is 0 Å². The lowest BCUT2D eigenvalue weighted by Gasteiger charge is -2.30. The average molecular weight is 259 g/mol. The van der Waals surface area contributed by atoms with Crippen molar-refractivity contribution in [3.8, 4) is 0 Å². The van der Waals surface area contributed by atoms with Crippen LogP contribution in [0.1, 0.15) is 57.1 Å². The summed E-state index contributed by atoms with van der Waals surface area (Å²) in [6, 6.07) is 9.09. The summed E-state index contributed by atoms with van der Waals surface area (Å²) in [5.41, 5.74) is 3.24. The van der Waals surface area contributed by atoms with Gasteiger partial charge >= 0.3 is 0 Å². The molecule has 0 aliphatic heterocycles. The van der Waals surface area contributed by atoms with Crippen LogP contribution in [0.4, 0.5) is 0 Å². The second-order valence-electron chi connectivity index (χ2n) is 6.29. The van der Waals surface area contributed by atoms with E-state index >= 15 is 0 Å². The quantitative estimate of drug-likeness (QED) is 0.799. The minimum absolute atomic E-state index is 0.772. The molecule has 1 N–H and O–H groups in total. The van der Waals surface area contributed by atoms with Gasteiger partial charge in [-0.25, -0.2) is 0 Å². The Morgan fingerprint density at radius 3 is 2.79 bits per heavy atom.